The number of hydrogen-bond acceptors (Lipinski definition) is 5. The Kier molecular flexibility index (Phi) is 5.38. The van der Waals surface area contributed by atoms with Gasteiger partial charge in [0.1, 0.15) is 18.1 Å². The summed E-state index contributed by atoms with van der Waals surface area (Å²) in [6.45, 7) is 4.16. The zero-order chi connectivity index (χ0) is 18.5. The van der Waals surface area contributed by atoms with E-state index in [4.69, 9.17) is 17.0 Å². The second kappa shape index (κ2) is 7.88. The van der Waals surface area contributed by atoms with E-state index in [0.29, 0.717) is 12.3 Å². The van der Waals surface area contributed by atoms with Crippen LogP contribution >= 0.6 is 12.2 Å². The molecular weight excluding hydrogens is 348 g/mol. The number of rotatable bonds is 5. The Morgan fingerprint density at radius 1 is 1.15 bits per heavy atom. The molecule has 3 rings (SSSR count). The first-order chi connectivity index (χ1) is 12.5. The zero-order valence-corrected chi connectivity index (χ0v) is 15.3. The Morgan fingerprint density at radius 3 is 2.54 bits per heavy atom. The third kappa shape index (κ3) is 4.31. The summed E-state index contributed by atoms with van der Waals surface area (Å²) in [5.74, 6) is 0.761. The van der Waals surface area contributed by atoms with E-state index in [-0.39, 0.29) is 10.3 Å². The summed E-state index contributed by atoms with van der Waals surface area (Å²) in [6, 6.07) is 15.7. The van der Waals surface area contributed by atoms with Crippen LogP contribution in [0.2, 0.25) is 0 Å². The second-order valence-corrected chi connectivity index (χ2v) is 6.21. The van der Waals surface area contributed by atoms with Crippen molar-refractivity contribution in [3.8, 4) is 5.75 Å². The summed E-state index contributed by atoms with van der Waals surface area (Å²) in [5, 5.41) is 10.5. The lowest BCUT2D eigenvalue weighted by molar-refractivity contribution is 0.306. The molecule has 0 unspecified atom stereocenters. The molecule has 0 aliphatic carbocycles. The number of benzene rings is 2. The van der Waals surface area contributed by atoms with E-state index in [1.54, 1.807) is 13.1 Å². The number of H-pyrrole nitrogens is 1. The van der Waals surface area contributed by atoms with Crippen molar-refractivity contribution >= 4 is 18.4 Å². The van der Waals surface area contributed by atoms with Crippen molar-refractivity contribution in [3.63, 3.8) is 0 Å². The Labute approximate surface area is 155 Å². The van der Waals surface area contributed by atoms with Crippen molar-refractivity contribution in [3.05, 3.63) is 86.0 Å². The van der Waals surface area contributed by atoms with Gasteiger partial charge >= 0.3 is 0 Å². The van der Waals surface area contributed by atoms with Gasteiger partial charge in [-0.15, -0.1) is 0 Å². The second-order valence-electron chi connectivity index (χ2n) is 5.82. The molecule has 0 aliphatic heterocycles. The van der Waals surface area contributed by atoms with Crippen LogP contribution in [-0.4, -0.2) is 21.1 Å². The van der Waals surface area contributed by atoms with Crippen LogP contribution in [0.1, 0.15) is 22.4 Å². The molecule has 26 heavy (non-hydrogen) atoms. The Bertz CT molecular complexity index is 1030. The lowest BCUT2D eigenvalue weighted by Gasteiger charge is -2.07. The predicted octanol–water partition coefficient (Wildman–Crippen LogP) is 3.38. The number of nitrogens with one attached hydrogen (secondary N) is 1. The van der Waals surface area contributed by atoms with E-state index in [9.17, 15) is 4.79 Å². The van der Waals surface area contributed by atoms with Gasteiger partial charge in [-0.2, -0.15) is 14.9 Å². The average molecular weight is 366 g/mol. The third-order valence-corrected chi connectivity index (χ3v) is 4.01. The molecular formula is C19H18N4O2S. The minimum atomic E-state index is -0.344. The summed E-state index contributed by atoms with van der Waals surface area (Å²) in [5.41, 5.74) is 3.12. The van der Waals surface area contributed by atoms with E-state index in [2.05, 4.69) is 34.4 Å². The molecule has 0 saturated carbocycles. The van der Waals surface area contributed by atoms with E-state index in [1.165, 1.54) is 5.56 Å². The minimum Gasteiger partial charge on any atom is -0.489 e. The molecule has 0 saturated heterocycles. The fourth-order valence-electron chi connectivity index (χ4n) is 2.20. The number of aromatic nitrogens is 3. The third-order valence-electron chi connectivity index (χ3n) is 3.74. The molecule has 0 atom stereocenters. The van der Waals surface area contributed by atoms with E-state index in [1.807, 2.05) is 36.4 Å². The van der Waals surface area contributed by atoms with Crippen molar-refractivity contribution < 1.29 is 4.74 Å². The highest BCUT2D eigenvalue weighted by molar-refractivity contribution is 7.71. The van der Waals surface area contributed by atoms with Crippen molar-refractivity contribution in [1.82, 2.24) is 14.9 Å². The normalized spacial score (nSPS) is 11.0. The van der Waals surface area contributed by atoms with Gasteiger partial charge in [0, 0.05) is 0 Å². The first-order valence-corrected chi connectivity index (χ1v) is 8.45. The average Bonchev–Trinajstić information content (AvgIpc) is 2.65. The lowest BCUT2D eigenvalue weighted by Crippen LogP contribution is -2.22. The maximum absolute atomic E-state index is 12.0. The van der Waals surface area contributed by atoms with E-state index >= 15 is 0 Å². The number of aromatic amines is 1. The van der Waals surface area contributed by atoms with Gasteiger partial charge in [-0.05, 0) is 61.5 Å². The molecule has 1 heterocycles. The number of ether oxygens (including phenoxy) is 1. The molecule has 0 radical (unpaired) electrons. The summed E-state index contributed by atoms with van der Waals surface area (Å²) in [6.07, 6.45) is 1.56. The largest absolute Gasteiger partial charge is 0.489 e. The van der Waals surface area contributed by atoms with Crippen LogP contribution in [0.5, 0.6) is 5.75 Å². The highest BCUT2D eigenvalue weighted by Gasteiger charge is 2.01. The van der Waals surface area contributed by atoms with Gasteiger partial charge in [-0.1, -0.05) is 29.8 Å². The molecule has 6 nitrogen and oxygen atoms in total. The molecule has 0 bridgehead atoms. The van der Waals surface area contributed by atoms with Gasteiger partial charge in [0.2, 0.25) is 4.77 Å². The summed E-state index contributed by atoms with van der Waals surface area (Å²) < 4.78 is 7.03. The molecule has 7 heteroatoms. The van der Waals surface area contributed by atoms with Crippen LogP contribution in [0.4, 0.5) is 0 Å². The van der Waals surface area contributed by atoms with Crippen LogP contribution in [0.25, 0.3) is 0 Å². The number of hydrogen-bond donors (Lipinski definition) is 1. The maximum atomic E-state index is 12.0. The smallest absolute Gasteiger partial charge is 0.296 e. The quantitative estimate of drug-likeness (QED) is 0.555. The Balaban J connectivity index is 1.68. The topological polar surface area (TPSA) is 72.3 Å². The van der Waals surface area contributed by atoms with E-state index in [0.717, 1.165) is 21.6 Å². The number of nitrogens with zero attached hydrogens (tertiary/aromatic N) is 3. The van der Waals surface area contributed by atoms with Crippen molar-refractivity contribution in [1.29, 1.82) is 0 Å². The monoisotopic (exact) mass is 366 g/mol. The van der Waals surface area contributed by atoms with Gasteiger partial charge in [0.15, 0.2) is 0 Å². The van der Waals surface area contributed by atoms with Gasteiger partial charge in [0.05, 0.1) is 6.21 Å². The Hall–Kier alpha value is -3.06. The molecule has 0 fully saturated rings. The first-order valence-electron chi connectivity index (χ1n) is 8.04. The molecule has 2 aromatic carbocycles. The molecule has 0 aliphatic rings. The fraction of sp³-hybridized carbons (Fsp3) is 0.158. The molecule has 1 aromatic heterocycles. The maximum Gasteiger partial charge on any atom is 0.296 e. The molecule has 1 N–H and O–H groups in total. The highest BCUT2D eigenvalue weighted by Crippen LogP contribution is 2.14. The van der Waals surface area contributed by atoms with Crippen molar-refractivity contribution in [2.45, 2.75) is 20.5 Å². The van der Waals surface area contributed by atoms with Crippen LogP contribution in [0.3, 0.4) is 0 Å². The summed E-state index contributed by atoms with van der Waals surface area (Å²) >= 11 is 5.04. The van der Waals surface area contributed by atoms with Gasteiger partial charge in [-0.3, -0.25) is 9.89 Å². The lowest BCUT2D eigenvalue weighted by atomic mass is 10.2. The standard InChI is InChI=1S/C19H18N4O2S/c1-13-3-5-16(6-4-13)12-25-17-9-7-15(8-10-17)11-20-23-18(24)14(2)21-22-19(23)26/h3-11H,12H2,1-2H3,(H,22,26)/b20-11-. The predicted molar refractivity (Wildman–Crippen MR) is 103 cm³/mol. The highest BCUT2D eigenvalue weighted by atomic mass is 32.1. The van der Waals surface area contributed by atoms with Gasteiger partial charge in [-0.25, -0.2) is 0 Å². The van der Waals surface area contributed by atoms with Crippen LogP contribution < -0.4 is 10.3 Å². The zero-order valence-electron chi connectivity index (χ0n) is 14.5. The van der Waals surface area contributed by atoms with Crippen molar-refractivity contribution in [2.24, 2.45) is 5.10 Å². The molecule has 0 amide bonds. The van der Waals surface area contributed by atoms with E-state index < -0.39 is 0 Å². The van der Waals surface area contributed by atoms with Gasteiger partial charge < -0.3 is 4.74 Å². The van der Waals surface area contributed by atoms with Crippen LogP contribution in [0, 0.1) is 18.6 Å². The minimum absolute atomic E-state index is 0.148. The Morgan fingerprint density at radius 2 is 1.85 bits per heavy atom. The molecule has 132 valence electrons. The van der Waals surface area contributed by atoms with Crippen molar-refractivity contribution in [2.75, 3.05) is 0 Å². The molecule has 0 spiro atoms. The number of aryl methyl sites for hydroxylation is 2. The first kappa shape index (κ1) is 17.8. The molecule has 3 aromatic rings. The summed E-state index contributed by atoms with van der Waals surface area (Å²) in [7, 11) is 0. The van der Waals surface area contributed by atoms with Crippen LogP contribution in [0.15, 0.2) is 58.4 Å². The SMILES string of the molecule is Cc1ccc(COc2ccc(/C=N\n3c(=S)[nH]nc(C)c3=O)cc2)cc1. The summed E-state index contributed by atoms with van der Waals surface area (Å²) in [4.78, 5) is 12.0. The van der Waals surface area contributed by atoms with Crippen LogP contribution in [-0.2, 0) is 6.61 Å². The fourth-order valence-corrected chi connectivity index (χ4v) is 2.38. The van der Waals surface area contributed by atoms with Gasteiger partial charge in [0.25, 0.3) is 5.56 Å².